The number of hydrogen-bond acceptors (Lipinski definition) is 1. The van der Waals surface area contributed by atoms with Crippen molar-refractivity contribution in [3.63, 3.8) is 0 Å². The van der Waals surface area contributed by atoms with Crippen molar-refractivity contribution in [3.05, 3.63) is 64.2 Å². The zero-order valence-electron chi connectivity index (χ0n) is 9.68. The van der Waals surface area contributed by atoms with E-state index in [0.717, 1.165) is 12.1 Å². The van der Waals surface area contributed by atoms with Gasteiger partial charge < -0.3 is 5.32 Å². The maximum Gasteiger partial charge on any atom is 0.257 e. The van der Waals surface area contributed by atoms with E-state index in [2.05, 4.69) is 5.32 Å². The number of benzene rings is 2. The van der Waals surface area contributed by atoms with Crippen molar-refractivity contribution in [2.75, 3.05) is 5.32 Å². The van der Waals surface area contributed by atoms with Gasteiger partial charge in [-0.25, -0.2) is 17.6 Å². The van der Waals surface area contributed by atoms with Gasteiger partial charge in [0.2, 0.25) is 0 Å². The fourth-order valence-electron chi connectivity index (χ4n) is 1.52. The second kappa shape index (κ2) is 5.50. The quantitative estimate of drug-likeness (QED) is 0.655. The molecule has 2 aromatic rings. The molecule has 104 valence electrons. The minimum Gasteiger partial charge on any atom is -0.322 e. The lowest BCUT2D eigenvalue weighted by Gasteiger charge is -2.07. The Bertz CT molecular complexity index is 670. The van der Waals surface area contributed by atoms with E-state index in [9.17, 15) is 22.4 Å². The van der Waals surface area contributed by atoms with E-state index in [1.54, 1.807) is 0 Å². The van der Waals surface area contributed by atoms with E-state index >= 15 is 0 Å². The van der Waals surface area contributed by atoms with Crippen LogP contribution in [0.1, 0.15) is 10.4 Å². The molecule has 2 rings (SSSR count). The minimum absolute atomic E-state index is 0.173. The summed E-state index contributed by atoms with van der Waals surface area (Å²) in [6.07, 6.45) is 0. The standard InChI is InChI=1S/C13H6ClF4NO/c14-10-5-12(18)11(17)4-9(10)13(20)19-8-2-6(15)1-7(16)3-8/h1-5H,(H,19,20). The summed E-state index contributed by atoms with van der Waals surface area (Å²) >= 11 is 5.61. The van der Waals surface area contributed by atoms with E-state index in [0.29, 0.717) is 18.2 Å². The molecule has 0 fully saturated rings. The first-order valence-electron chi connectivity index (χ1n) is 5.29. The van der Waals surface area contributed by atoms with Gasteiger partial charge in [-0.15, -0.1) is 0 Å². The number of nitrogens with one attached hydrogen (secondary N) is 1. The molecule has 0 radical (unpaired) electrons. The second-order valence-corrected chi connectivity index (χ2v) is 4.27. The van der Waals surface area contributed by atoms with Crippen LogP contribution in [-0.4, -0.2) is 5.91 Å². The van der Waals surface area contributed by atoms with Gasteiger partial charge in [0.25, 0.3) is 5.91 Å². The summed E-state index contributed by atoms with van der Waals surface area (Å²) in [4.78, 5) is 11.8. The van der Waals surface area contributed by atoms with Crippen LogP contribution in [0.25, 0.3) is 0 Å². The molecule has 1 amide bonds. The number of anilines is 1. The minimum atomic E-state index is -1.26. The fourth-order valence-corrected chi connectivity index (χ4v) is 1.76. The molecule has 2 aromatic carbocycles. The van der Waals surface area contributed by atoms with Gasteiger partial charge in [0, 0.05) is 11.8 Å². The number of halogens is 5. The molecule has 2 nitrogen and oxygen atoms in total. The smallest absolute Gasteiger partial charge is 0.257 e. The van der Waals surface area contributed by atoms with Gasteiger partial charge in [0.05, 0.1) is 10.6 Å². The molecule has 0 saturated carbocycles. The van der Waals surface area contributed by atoms with E-state index < -0.39 is 29.2 Å². The SMILES string of the molecule is O=C(Nc1cc(F)cc(F)c1)c1cc(F)c(F)cc1Cl. The third kappa shape index (κ3) is 3.08. The Kier molecular flexibility index (Phi) is 3.94. The summed E-state index contributed by atoms with van der Waals surface area (Å²) in [6.45, 7) is 0. The predicted molar refractivity (Wildman–Crippen MR) is 65.7 cm³/mol. The summed E-state index contributed by atoms with van der Waals surface area (Å²) in [5, 5.41) is 1.81. The van der Waals surface area contributed by atoms with Gasteiger partial charge in [-0.05, 0) is 24.3 Å². The number of carbonyl (C=O) groups excluding carboxylic acids is 1. The molecule has 20 heavy (non-hydrogen) atoms. The molecular formula is C13H6ClF4NO. The number of hydrogen-bond donors (Lipinski definition) is 1. The molecule has 0 bridgehead atoms. The largest absolute Gasteiger partial charge is 0.322 e. The molecule has 0 aliphatic heterocycles. The average Bonchev–Trinajstić information content (AvgIpc) is 2.32. The van der Waals surface area contributed by atoms with Gasteiger partial charge in [-0.3, -0.25) is 4.79 Å². The summed E-state index contributed by atoms with van der Waals surface area (Å²) in [6, 6.07) is 3.60. The Balaban J connectivity index is 2.30. The molecular weight excluding hydrogens is 298 g/mol. The fraction of sp³-hybridized carbons (Fsp3) is 0. The predicted octanol–water partition coefficient (Wildman–Crippen LogP) is 4.15. The van der Waals surface area contributed by atoms with Gasteiger partial charge in [-0.2, -0.15) is 0 Å². The van der Waals surface area contributed by atoms with Crippen molar-refractivity contribution in [1.29, 1.82) is 0 Å². The molecule has 1 N–H and O–H groups in total. The molecule has 0 aliphatic carbocycles. The van der Waals surface area contributed by atoms with Crippen LogP contribution in [0.5, 0.6) is 0 Å². The van der Waals surface area contributed by atoms with Crippen LogP contribution < -0.4 is 5.32 Å². The van der Waals surface area contributed by atoms with Crippen molar-refractivity contribution in [3.8, 4) is 0 Å². The maximum absolute atomic E-state index is 13.1. The maximum atomic E-state index is 13.1. The molecule has 0 saturated heterocycles. The zero-order chi connectivity index (χ0) is 14.9. The zero-order valence-corrected chi connectivity index (χ0v) is 10.4. The highest BCUT2D eigenvalue weighted by Crippen LogP contribution is 2.22. The van der Waals surface area contributed by atoms with E-state index in [-0.39, 0.29) is 16.3 Å². The number of amides is 1. The van der Waals surface area contributed by atoms with E-state index in [4.69, 9.17) is 11.6 Å². The van der Waals surface area contributed by atoms with Crippen molar-refractivity contribution >= 4 is 23.2 Å². The van der Waals surface area contributed by atoms with Crippen LogP contribution in [0.4, 0.5) is 23.2 Å². The summed E-state index contributed by atoms with van der Waals surface area (Å²) in [7, 11) is 0. The molecule has 0 heterocycles. The van der Waals surface area contributed by atoms with Crippen LogP contribution in [0.15, 0.2) is 30.3 Å². The molecule has 0 aliphatic rings. The Hall–Kier alpha value is -2.08. The number of rotatable bonds is 2. The normalized spacial score (nSPS) is 10.4. The molecule has 0 atom stereocenters. The van der Waals surface area contributed by atoms with Crippen LogP contribution in [-0.2, 0) is 0 Å². The van der Waals surface area contributed by atoms with Gasteiger partial charge in [0.15, 0.2) is 11.6 Å². The Morgan fingerprint density at radius 2 is 1.45 bits per heavy atom. The Morgan fingerprint density at radius 3 is 2.05 bits per heavy atom. The molecule has 7 heteroatoms. The van der Waals surface area contributed by atoms with Crippen LogP contribution in [0.3, 0.4) is 0 Å². The Morgan fingerprint density at radius 1 is 0.900 bits per heavy atom. The van der Waals surface area contributed by atoms with Crippen LogP contribution in [0.2, 0.25) is 5.02 Å². The summed E-state index contributed by atoms with van der Waals surface area (Å²) < 4.78 is 51.8. The third-order valence-electron chi connectivity index (χ3n) is 2.38. The van der Waals surface area contributed by atoms with Crippen LogP contribution in [0, 0.1) is 23.3 Å². The lowest BCUT2D eigenvalue weighted by molar-refractivity contribution is 0.102. The van der Waals surface area contributed by atoms with Crippen molar-refractivity contribution in [2.45, 2.75) is 0 Å². The monoisotopic (exact) mass is 303 g/mol. The average molecular weight is 304 g/mol. The first-order chi connectivity index (χ1) is 9.36. The van der Waals surface area contributed by atoms with Crippen molar-refractivity contribution < 1.29 is 22.4 Å². The lowest BCUT2D eigenvalue weighted by Crippen LogP contribution is -2.13. The highest BCUT2D eigenvalue weighted by atomic mass is 35.5. The third-order valence-corrected chi connectivity index (χ3v) is 2.69. The highest BCUT2D eigenvalue weighted by molar-refractivity contribution is 6.34. The first-order valence-corrected chi connectivity index (χ1v) is 5.66. The molecule has 0 aromatic heterocycles. The topological polar surface area (TPSA) is 29.1 Å². The first kappa shape index (κ1) is 14.3. The van der Waals surface area contributed by atoms with Gasteiger partial charge >= 0.3 is 0 Å². The van der Waals surface area contributed by atoms with Gasteiger partial charge in [0.1, 0.15) is 11.6 Å². The summed E-state index contributed by atoms with van der Waals surface area (Å²) in [5.74, 6) is -5.17. The number of carbonyl (C=O) groups is 1. The molecule has 0 spiro atoms. The van der Waals surface area contributed by atoms with E-state index in [1.807, 2.05) is 0 Å². The lowest BCUT2D eigenvalue weighted by atomic mass is 10.2. The van der Waals surface area contributed by atoms with E-state index in [1.165, 1.54) is 0 Å². The molecule has 0 unspecified atom stereocenters. The highest BCUT2D eigenvalue weighted by Gasteiger charge is 2.15. The van der Waals surface area contributed by atoms with Crippen molar-refractivity contribution in [1.82, 2.24) is 0 Å². The van der Waals surface area contributed by atoms with Crippen molar-refractivity contribution in [2.24, 2.45) is 0 Å². The van der Waals surface area contributed by atoms with Gasteiger partial charge in [-0.1, -0.05) is 11.6 Å². The summed E-state index contributed by atoms with van der Waals surface area (Å²) in [5.41, 5.74) is -0.525. The van der Waals surface area contributed by atoms with Crippen LogP contribution >= 0.6 is 11.6 Å². The Labute approximate surface area is 116 Å². The second-order valence-electron chi connectivity index (χ2n) is 3.86.